The van der Waals surface area contributed by atoms with E-state index >= 15 is 0 Å². The number of hydrogen-bond acceptors (Lipinski definition) is 3. The predicted molar refractivity (Wildman–Crippen MR) is 59.9 cm³/mol. The van der Waals surface area contributed by atoms with E-state index in [2.05, 4.69) is 6.92 Å². The SMILES string of the molecule is CC12CCC(O)CC1CCCC21OCCO1. The van der Waals surface area contributed by atoms with Gasteiger partial charge in [0, 0.05) is 11.8 Å². The van der Waals surface area contributed by atoms with E-state index in [0.717, 1.165) is 38.9 Å². The Morgan fingerprint density at radius 3 is 2.62 bits per heavy atom. The Morgan fingerprint density at radius 2 is 1.88 bits per heavy atom. The number of rotatable bonds is 0. The number of aliphatic hydroxyl groups is 1. The van der Waals surface area contributed by atoms with Crippen LogP contribution in [0.25, 0.3) is 0 Å². The zero-order valence-corrected chi connectivity index (χ0v) is 10.1. The van der Waals surface area contributed by atoms with Crippen molar-refractivity contribution in [1.82, 2.24) is 0 Å². The van der Waals surface area contributed by atoms with Gasteiger partial charge in [-0.1, -0.05) is 6.92 Å². The molecule has 2 aliphatic carbocycles. The summed E-state index contributed by atoms with van der Waals surface area (Å²) in [5.74, 6) is 0.249. The lowest BCUT2D eigenvalue weighted by molar-refractivity contribution is -0.280. The predicted octanol–water partition coefficient (Wildman–Crippen LogP) is 2.08. The summed E-state index contributed by atoms with van der Waals surface area (Å²) in [6.07, 6.45) is 6.21. The third-order valence-corrected chi connectivity index (χ3v) is 5.14. The van der Waals surface area contributed by atoms with Crippen molar-refractivity contribution in [2.24, 2.45) is 11.3 Å². The van der Waals surface area contributed by atoms with E-state index < -0.39 is 0 Å². The van der Waals surface area contributed by atoms with Gasteiger partial charge in [-0.2, -0.15) is 0 Å². The molecule has 0 aromatic heterocycles. The highest BCUT2D eigenvalue weighted by molar-refractivity contribution is 5.03. The van der Waals surface area contributed by atoms with Crippen LogP contribution in [-0.2, 0) is 9.47 Å². The topological polar surface area (TPSA) is 38.7 Å². The highest BCUT2D eigenvalue weighted by atomic mass is 16.7. The molecule has 1 spiro atoms. The molecule has 1 N–H and O–H groups in total. The molecular weight excluding hydrogens is 204 g/mol. The molecule has 0 amide bonds. The van der Waals surface area contributed by atoms with Gasteiger partial charge in [0.05, 0.1) is 19.3 Å². The van der Waals surface area contributed by atoms with Crippen LogP contribution >= 0.6 is 0 Å². The Morgan fingerprint density at radius 1 is 1.12 bits per heavy atom. The maximum Gasteiger partial charge on any atom is 0.174 e. The van der Waals surface area contributed by atoms with Crippen LogP contribution in [0.5, 0.6) is 0 Å². The Kier molecular flexibility index (Phi) is 2.54. The summed E-state index contributed by atoms with van der Waals surface area (Å²) >= 11 is 0. The normalized spacial score (nSPS) is 46.9. The fraction of sp³-hybridized carbons (Fsp3) is 1.00. The van der Waals surface area contributed by atoms with Crippen molar-refractivity contribution in [3.63, 3.8) is 0 Å². The second-order valence-electron chi connectivity index (χ2n) is 5.88. The molecule has 1 heterocycles. The van der Waals surface area contributed by atoms with Gasteiger partial charge in [0.2, 0.25) is 0 Å². The lowest BCUT2D eigenvalue weighted by atomic mass is 9.57. The average Bonchev–Trinajstić information content (AvgIpc) is 2.72. The highest BCUT2D eigenvalue weighted by Crippen LogP contribution is 2.58. The fourth-order valence-corrected chi connectivity index (χ4v) is 4.11. The Balaban J connectivity index is 1.90. The highest BCUT2D eigenvalue weighted by Gasteiger charge is 2.59. The minimum Gasteiger partial charge on any atom is -0.393 e. The second-order valence-corrected chi connectivity index (χ2v) is 5.88. The van der Waals surface area contributed by atoms with Crippen molar-refractivity contribution < 1.29 is 14.6 Å². The van der Waals surface area contributed by atoms with Crippen LogP contribution in [0.4, 0.5) is 0 Å². The molecular formula is C13H22O3. The van der Waals surface area contributed by atoms with Crippen molar-refractivity contribution in [3.8, 4) is 0 Å². The van der Waals surface area contributed by atoms with Gasteiger partial charge in [-0.3, -0.25) is 0 Å². The summed E-state index contributed by atoms with van der Waals surface area (Å²) in [5.41, 5.74) is 0.126. The molecule has 92 valence electrons. The van der Waals surface area contributed by atoms with E-state index in [-0.39, 0.29) is 17.3 Å². The number of hydrogen-bond donors (Lipinski definition) is 1. The van der Waals surface area contributed by atoms with Crippen molar-refractivity contribution in [1.29, 1.82) is 0 Å². The van der Waals surface area contributed by atoms with E-state index in [1.54, 1.807) is 0 Å². The standard InChI is InChI=1S/C13H22O3/c1-12-6-4-11(14)9-10(12)3-2-5-13(12)15-7-8-16-13/h10-11,14H,2-9H2,1H3. The summed E-state index contributed by atoms with van der Waals surface area (Å²) in [6, 6.07) is 0. The third kappa shape index (κ3) is 1.38. The minimum atomic E-state index is -0.323. The molecule has 3 unspecified atom stereocenters. The molecule has 0 bridgehead atoms. The summed E-state index contributed by atoms with van der Waals surface area (Å²) in [7, 11) is 0. The van der Waals surface area contributed by atoms with Crippen LogP contribution in [0.3, 0.4) is 0 Å². The van der Waals surface area contributed by atoms with Crippen molar-refractivity contribution in [3.05, 3.63) is 0 Å². The monoisotopic (exact) mass is 226 g/mol. The first-order valence-corrected chi connectivity index (χ1v) is 6.62. The summed E-state index contributed by atoms with van der Waals surface area (Å²) in [5, 5.41) is 9.81. The number of ether oxygens (including phenoxy) is 2. The average molecular weight is 226 g/mol. The number of fused-ring (bicyclic) bond motifs is 2. The molecule has 3 aliphatic rings. The Hall–Kier alpha value is -0.120. The number of aliphatic hydroxyl groups excluding tert-OH is 1. The molecule has 3 nitrogen and oxygen atoms in total. The maximum atomic E-state index is 9.81. The molecule has 1 saturated heterocycles. The summed E-state index contributed by atoms with van der Waals surface area (Å²) in [6.45, 7) is 3.80. The minimum absolute atomic E-state index is 0.102. The molecule has 3 rings (SSSR count). The van der Waals surface area contributed by atoms with Gasteiger partial charge in [0.15, 0.2) is 5.79 Å². The first kappa shape index (κ1) is 11.0. The molecule has 0 radical (unpaired) electrons. The smallest absolute Gasteiger partial charge is 0.174 e. The maximum absolute atomic E-state index is 9.81. The molecule has 2 saturated carbocycles. The van der Waals surface area contributed by atoms with Gasteiger partial charge in [0.25, 0.3) is 0 Å². The van der Waals surface area contributed by atoms with Crippen LogP contribution in [0.2, 0.25) is 0 Å². The largest absolute Gasteiger partial charge is 0.393 e. The van der Waals surface area contributed by atoms with Crippen LogP contribution in [0.1, 0.15) is 45.4 Å². The third-order valence-electron chi connectivity index (χ3n) is 5.14. The summed E-state index contributed by atoms with van der Waals surface area (Å²) in [4.78, 5) is 0. The van der Waals surface area contributed by atoms with Crippen LogP contribution in [0.15, 0.2) is 0 Å². The van der Waals surface area contributed by atoms with Crippen LogP contribution < -0.4 is 0 Å². The molecule has 3 heteroatoms. The molecule has 1 aliphatic heterocycles. The first-order chi connectivity index (χ1) is 7.66. The van der Waals surface area contributed by atoms with Gasteiger partial charge in [0.1, 0.15) is 0 Å². The quantitative estimate of drug-likeness (QED) is 0.687. The van der Waals surface area contributed by atoms with E-state index in [9.17, 15) is 5.11 Å². The van der Waals surface area contributed by atoms with E-state index in [1.807, 2.05) is 0 Å². The Labute approximate surface area is 97.1 Å². The van der Waals surface area contributed by atoms with Crippen molar-refractivity contribution >= 4 is 0 Å². The van der Waals surface area contributed by atoms with Crippen molar-refractivity contribution in [2.45, 2.75) is 57.3 Å². The lowest BCUT2D eigenvalue weighted by Crippen LogP contribution is -2.57. The van der Waals surface area contributed by atoms with Gasteiger partial charge < -0.3 is 14.6 Å². The van der Waals surface area contributed by atoms with Gasteiger partial charge in [-0.25, -0.2) is 0 Å². The fourth-order valence-electron chi connectivity index (χ4n) is 4.11. The summed E-state index contributed by atoms with van der Waals surface area (Å²) < 4.78 is 12.0. The van der Waals surface area contributed by atoms with E-state index in [0.29, 0.717) is 5.92 Å². The van der Waals surface area contributed by atoms with Crippen LogP contribution in [-0.4, -0.2) is 30.2 Å². The molecule has 3 atom stereocenters. The van der Waals surface area contributed by atoms with E-state index in [1.165, 1.54) is 12.8 Å². The van der Waals surface area contributed by atoms with Crippen LogP contribution in [0, 0.1) is 11.3 Å². The molecule has 0 aromatic rings. The Bertz CT molecular complexity index is 272. The molecule has 3 fully saturated rings. The molecule has 16 heavy (non-hydrogen) atoms. The second kappa shape index (κ2) is 3.69. The van der Waals surface area contributed by atoms with Gasteiger partial charge in [-0.15, -0.1) is 0 Å². The zero-order valence-electron chi connectivity index (χ0n) is 10.1. The van der Waals surface area contributed by atoms with Gasteiger partial charge >= 0.3 is 0 Å². The first-order valence-electron chi connectivity index (χ1n) is 6.62. The van der Waals surface area contributed by atoms with Crippen molar-refractivity contribution in [2.75, 3.05) is 13.2 Å². The van der Waals surface area contributed by atoms with Gasteiger partial charge in [-0.05, 0) is 38.0 Å². The zero-order chi connectivity index (χ0) is 11.2. The molecule has 0 aromatic carbocycles. The lowest BCUT2D eigenvalue weighted by Gasteiger charge is -2.55. The van der Waals surface area contributed by atoms with E-state index in [4.69, 9.17) is 9.47 Å².